The van der Waals surface area contributed by atoms with Crippen molar-refractivity contribution in [1.82, 2.24) is 9.97 Å². The van der Waals surface area contributed by atoms with E-state index in [9.17, 15) is 4.79 Å². The molecule has 4 N–H and O–H groups in total. The lowest BCUT2D eigenvalue weighted by Gasteiger charge is -2.00. The molecule has 1 rings (SSSR count). The van der Waals surface area contributed by atoms with Gasteiger partial charge >= 0.3 is 5.97 Å². The molecule has 0 aromatic carbocycles. The van der Waals surface area contributed by atoms with Gasteiger partial charge in [0.2, 0.25) is 0 Å². The molecule has 0 bridgehead atoms. The van der Waals surface area contributed by atoms with Gasteiger partial charge in [0.1, 0.15) is 0 Å². The summed E-state index contributed by atoms with van der Waals surface area (Å²) >= 11 is 0. The second-order valence-electron chi connectivity index (χ2n) is 1.99. The molecule has 0 radical (unpaired) electrons. The van der Waals surface area contributed by atoms with Gasteiger partial charge in [-0.15, -0.1) is 12.4 Å². The highest BCUT2D eigenvalue weighted by Gasteiger charge is 2.13. The summed E-state index contributed by atoms with van der Waals surface area (Å²) in [5.41, 5.74) is 2.51. The maximum Gasteiger partial charge on any atom is 0.358 e. The van der Waals surface area contributed by atoms with Crippen LogP contribution in [-0.2, 0) is 4.74 Å². The normalized spacial score (nSPS) is 8.77. The average molecular weight is 207 g/mol. The predicted octanol–water partition coefficient (Wildman–Crippen LogP) is 0.294. The number of anilines is 1. The zero-order valence-corrected chi connectivity index (χ0v) is 7.85. The Kier molecular flexibility index (Phi) is 4.86. The molecule has 1 heterocycles. The minimum Gasteiger partial charge on any atom is -0.461 e. The van der Waals surface area contributed by atoms with Crippen LogP contribution in [0, 0.1) is 0 Å². The first-order valence-electron chi connectivity index (χ1n) is 3.46. The molecule has 0 aliphatic rings. The Bertz CT molecular complexity index is 275. The molecule has 13 heavy (non-hydrogen) atoms. The van der Waals surface area contributed by atoms with E-state index in [-0.39, 0.29) is 23.9 Å². The van der Waals surface area contributed by atoms with Crippen LogP contribution in [0.5, 0.6) is 0 Å². The average Bonchev–Trinajstić information content (AvgIpc) is 2.51. The number of carbonyl (C=O) groups excluding carboxylic acids is 1. The number of nitrogens with zero attached hydrogens (tertiary/aromatic N) is 1. The second-order valence-corrected chi connectivity index (χ2v) is 1.99. The van der Waals surface area contributed by atoms with Crippen LogP contribution < -0.4 is 11.3 Å². The lowest BCUT2D eigenvalue weighted by atomic mass is 10.4. The third-order valence-corrected chi connectivity index (χ3v) is 1.26. The molecule has 0 saturated heterocycles. The topological polar surface area (TPSA) is 93.0 Å². The number of aromatic amines is 1. The van der Waals surface area contributed by atoms with E-state index in [0.717, 1.165) is 0 Å². The number of aromatic nitrogens is 2. The number of H-pyrrole nitrogens is 1. The molecule has 0 saturated carbocycles. The predicted molar refractivity (Wildman–Crippen MR) is 49.6 cm³/mol. The summed E-state index contributed by atoms with van der Waals surface area (Å²) in [5, 5.41) is 0. The number of hydrogen-bond donors (Lipinski definition) is 3. The van der Waals surface area contributed by atoms with E-state index in [4.69, 9.17) is 10.6 Å². The number of esters is 1. The fraction of sp³-hybridized carbons (Fsp3) is 0.333. The number of ether oxygens (including phenoxy) is 1. The summed E-state index contributed by atoms with van der Waals surface area (Å²) in [6, 6.07) is 0. The van der Waals surface area contributed by atoms with Gasteiger partial charge in [-0.05, 0) is 6.92 Å². The summed E-state index contributed by atoms with van der Waals surface area (Å²) in [7, 11) is 0. The summed E-state index contributed by atoms with van der Waals surface area (Å²) in [5.74, 6) is 4.90. The minimum atomic E-state index is -0.469. The Morgan fingerprint density at radius 1 is 1.85 bits per heavy atom. The van der Waals surface area contributed by atoms with Gasteiger partial charge < -0.3 is 15.1 Å². The van der Waals surface area contributed by atoms with E-state index < -0.39 is 5.97 Å². The first-order valence-corrected chi connectivity index (χ1v) is 3.46. The zero-order valence-electron chi connectivity index (χ0n) is 7.03. The highest BCUT2D eigenvalue weighted by atomic mass is 35.5. The van der Waals surface area contributed by atoms with Crippen LogP contribution >= 0.6 is 12.4 Å². The Labute approximate surface area is 81.2 Å². The van der Waals surface area contributed by atoms with Crippen LogP contribution in [0.25, 0.3) is 0 Å². The number of carbonyl (C=O) groups is 1. The van der Waals surface area contributed by atoms with Crippen molar-refractivity contribution in [3.8, 4) is 0 Å². The Morgan fingerprint density at radius 3 is 3.08 bits per heavy atom. The van der Waals surface area contributed by atoms with Crippen LogP contribution in [0.2, 0.25) is 0 Å². The van der Waals surface area contributed by atoms with Gasteiger partial charge in [-0.1, -0.05) is 0 Å². The van der Waals surface area contributed by atoms with Gasteiger partial charge in [-0.2, -0.15) is 0 Å². The molecule has 0 aliphatic carbocycles. The molecule has 0 spiro atoms. The highest BCUT2D eigenvalue weighted by Crippen LogP contribution is 2.08. The quantitative estimate of drug-likeness (QED) is 0.376. The maximum absolute atomic E-state index is 11.1. The fourth-order valence-corrected chi connectivity index (χ4v) is 0.763. The van der Waals surface area contributed by atoms with Gasteiger partial charge in [0.25, 0.3) is 0 Å². The number of nitrogens with two attached hydrogens (primary N) is 1. The number of nitrogen functional groups attached to an aromatic ring is 1. The van der Waals surface area contributed by atoms with Crippen molar-refractivity contribution in [3.63, 3.8) is 0 Å². The van der Waals surface area contributed by atoms with Crippen LogP contribution in [0.1, 0.15) is 17.4 Å². The Balaban J connectivity index is 0.00000144. The largest absolute Gasteiger partial charge is 0.461 e. The van der Waals surface area contributed by atoms with Crippen molar-refractivity contribution in [2.75, 3.05) is 12.0 Å². The number of rotatable bonds is 3. The molecule has 0 amide bonds. The van der Waals surface area contributed by atoms with Crippen LogP contribution in [-0.4, -0.2) is 22.5 Å². The molecular formula is C6H11ClN4O2. The summed E-state index contributed by atoms with van der Waals surface area (Å²) in [6.07, 6.45) is 1.36. The zero-order chi connectivity index (χ0) is 8.97. The van der Waals surface area contributed by atoms with Gasteiger partial charge in [-0.25, -0.2) is 15.6 Å². The van der Waals surface area contributed by atoms with E-state index >= 15 is 0 Å². The van der Waals surface area contributed by atoms with Crippen molar-refractivity contribution in [2.45, 2.75) is 6.92 Å². The Morgan fingerprint density at radius 2 is 2.54 bits per heavy atom. The van der Waals surface area contributed by atoms with Gasteiger partial charge in [0, 0.05) is 0 Å². The van der Waals surface area contributed by atoms with Crippen LogP contribution in [0.3, 0.4) is 0 Å². The summed E-state index contributed by atoms with van der Waals surface area (Å²) in [4.78, 5) is 17.5. The first-order chi connectivity index (χ1) is 5.79. The molecule has 0 unspecified atom stereocenters. The first kappa shape index (κ1) is 11.7. The maximum atomic E-state index is 11.1. The third kappa shape index (κ3) is 2.60. The lowest BCUT2D eigenvalue weighted by molar-refractivity contribution is 0.0521. The number of hydrazine groups is 1. The number of imidazole rings is 1. The van der Waals surface area contributed by atoms with E-state index in [2.05, 4.69) is 15.4 Å². The summed E-state index contributed by atoms with van der Waals surface area (Å²) in [6.45, 7) is 2.05. The van der Waals surface area contributed by atoms with Crippen LogP contribution in [0.4, 0.5) is 5.82 Å². The molecule has 1 aromatic heterocycles. The van der Waals surface area contributed by atoms with Gasteiger partial charge in [0.05, 0.1) is 12.9 Å². The highest BCUT2D eigenvalue weighted by molar-refractivity contribution is 5.92. The Hall–Kier alpha value is -1.27. The van der Waals surface area contributed by atoms with Crippen molar-refractivity contribution >= 4 is 24.2 Å². The van der Waals surface area contributed by atoms with E-state index in [1.165, 1.54) is 6.33 Å². The SMILES string of the molecule is CCOC(=O)c1[nH]cnc1NN.Cl. The van der Waals surface area contributed by atoms with Gasteiger partial charge in [0.15, 0.2) is 11.5 Å². The number of nitrogens with one attached hydrogen (secondary N) is 2. The van der Waals surface area contributed by atoms with Crippen LogP contribution in [0.15, 0.2) is 6.33 Å². The molecular weight excluding hydrogens is 196 g/mol. The van der Waals surface area contributed by atoms with Gasteiger partial charge in [-0.3, -0.25) is 0 Å². The monoisotopic (exact) mass is 206 g/mol. The molecule has 74 valence electrons. The van der Waals surface area contributed by atoms with E-state index in [1.807, 2.05) is 0 Å². The standard InChI is InChI=1S/C6H10N4O2.ClH/c1-2-12-6(11)4-5(10-7)9-3-8-4;/h3,10H,2,7H2,1H3,(H,8,9);1H. The second kappa shape index (κ2) is 5.39. The smallest absolute Gasteiger partial charge is 0.358 e. The van der Waals surface area contributed by atoms with E-state index in [0.29, 0.717) is 6.61 Å². The summed E-state index contributed by atoms with van der Waals surface area (Å²) < 4.78 is 4.72. The number of hydrogen-bond acceptors (Lipinski definition) is 5. The van der Waals surface area contributed by atoms with E-state index in [1.54, 1.807) is 6.92 Å². The number of halogens is 1. The third-order valence-electron chi connectivity index (χ3n) is 1.26. The molecule has 0 aliphatic heterocycles. The minimum absolute atomic E-state index is 0. The van der Waals surface area contributed by atoms with Crippen molar-refractivity contribution in [1.29, 1.82) is 0 Å². The molecule has 1 aromatic rings. The molecule has 7 heteroatoms. The molecule has 6 nitrogen and oxygen atoms in total. The van der Waals surface area contributed by atoms with Crippen molar-refractivity contribution in [2.24, 2.45) is 5.84 Å². The van der Waals surface area contributed by atoms with Crippen molar-refractivity contribution in [3.05, 3.63) is 12.0 Å². The van der Waals surface area contributed by atoms with Crippen molar-refractivity contribution < 1.29 is 9.53 Å². The fourth-order valence-electron chi connectivity index (χ4n) is 0.763. The molecule has 0 fully saturated rings. The lowest BCUT2D eigenvalue weighted by Crippen LogP contribution is -2.13. The molecule has 0 atom stereocenters.